The van der Waals surface area contributed by atoms with Crippen molar-refractivity contribution in [3.05, 3.63) is 0 Å². The summed E-state index contributed by atoms with van der Waals surface area (Å²) < 4.78 is 0. The molecule has 1 aliphatic heterocycles. The van der Waals surface area contributed by atoms with E-state index >= 15 is 0 Å². The van der Waals surface area contributed by atoms with Crippen LogP contribution in [-0.4, -0.2) is 24.5 Å². The molecule has 1 heteroatoms. The van der Waals surface area contributed by atoms with E-state index in [-0.39, 0.29) is 0 Å². The summed E-state index contributed by atoms with van der Waals surface area (Å²) in [5.74, 6) is 2.15. The molecule has 0 amide bonds. The molecule has 1 saturated carbocycles. The largest absolute Gasteiger partial charge is 0.303 e. The van der Waals surface area contributed by atoms with Crippen LogP contribution in [-0.2, 0) is 0 Å². The van der Waals surface area contributed by atoms with Gasteiger partial charge in [-0.2, -0.15) is 0 Å². The van der Waals surface area contributed by atoms with Crippen molar-refractivity contribution in [3.8, 4) is 0 Å². The second-order valence-electron chi connectivity index (χ2n) is 4.92. The zero-order valence-corrected chi connectivity index (χ0v) is 8.97. The van der Waals surface area contributed by atoms with Crippen molar-refractivity contribution in [2.45, 2.75) is 45.4 Å². The van der Waals surface area contributed by atoms with Crippen LogP contribution in [0.1, 0.15) is 45.4 Å². The summed E-state index contributed by atoms with van der Waals surface area (Å²) in [7, 11) is 0. The van der Waals surface area contributed by atoms with Gasteiger partial charge >= 0.3 is 0 Å². The van der Waals surface area contributed by atoms with Gasteiger partial charge < -0.3 is 4.90 Å². The van der Waals surface area contributed by atoms with Gasteiger partial charge in [-0.3, -0.25) is 0 Å². The van der Waals surface area contributed by atoms with Crippen molar-refractivity contribution >= 4 is 0 Å². The third-order valence-electron chi connectivity index (χ3n) is 3.88. The minimum Gasteiger partial charge on any atom is -0.303 e. The molecule has 13 heavy (non-hydrogen) atoms. The molecule has 2 rings (SSSR count). The van der Waals surface area contributed by atoms with Crippen molar-refractivity contribution in [3.63, 3.8) is 0 Å². The van der Waals surface area contributed by atoms with Gasteiger partial charge in [0.25, 0.3) is 0 Å². The molecule has 0 bridgehead atoms. The van der Waals surface area contributed by atoms with Crippen molar-refractivity contribution in [2.75, 3.05) is 19.6 Å². The lowest BCUT2D eigenvalue weighted by atomic mass is 9.82. The van der Waals surface area contributed by atoms with E-state index in [2.05, 4.69) is 11.8 Å². The first-order valence-corrected chi connectivity index (χ1v) is 6.12. The quantitative estimate of drug-likeness (QED) is 0.647. The Bertz CT molecular complexity index is 141. The van der Waals surface area contributed by atoms with Crippen LogP contribution in [0.25, 0.3) is 0 Å². The molecule has 0 spiro atoms. The fourth-order valence-corrected chi connectivity index (χ4v) is 3.07. The highest BCUT2D eigenvalue weighted by Crippen LogP contribution is 2.35. The Labute approximate surface area is 82.5 Å². The highest BCUT2D eigenvalue weighted by molar-refractivity contribution is 4.86. The summed E-state index contributed by atoms with van der Waals surface area (Å²) in [5, 5.41) is 0. The summed E-state index contributed by atoms with van der Waals surface area (Å²) >= 11 is 0. The molecule has 0 aromatic rings. The molecule has 1 nitrogen and oxygen atoms in total. The van der Waals surface area contributed by atoms with E-state index in [0.29, 0.717) is 0 Å². The molecule has 0 unspecified atom stereocenters. The van der Waals surface area contributed by atoms with Crippen LogP contribution < -0.4 is 0 Å². The van der Waals surface area contributed by atoms with Crippen LogP contribution in [0.15, 0.2) is 0 Å². The standard InChI is InChI=1S/C12H23N/c1-2-3-8-13-9-11-6-4-5-7-12(11)10-13/h11-12H,2-10H2,1H3/t11-,12+. The number of unbranched alkanes of at least 4 members (excludes halogenated alkanes) is 1. The first kappa shape index (κ1) is 9.51. The van der Waals surface area contributed by atoms with E-state index in [9.17, 15) is 0 Å². The van der Waals surface area contributed by atoms with Gasteiger partial charge in [-0.1, -0.05) is 26.2 Å². The highest BCUT2D eigenvalue weighted by atomic mass is 15.1. The average Bonchev–Trinajstić information content (AvgIpc) is 2.57. The number of rotatable bonds is 3. The van der Waals surface area contributed by atoms with Crippen LogP contribution in [0.5, 0.6) is 0 Å². The first-order chi connectivity index (χ1) is 6.40. The van der Waals surface area contributed by atoms with Crippen molar-refractivity contribution < 1.29 is 0 Å². The van der Waals surface area contributed by atoms with Gasteiger partial charge in [-0.25, -0.2) is 0 Å². The SMILES string of the molecule is CCCCN1C[C@H]2CCCC[C@H]2C1. The number of fused-ring (bicyclic) bond motifs is 1. The Balaban J connectivity index is 1.77. The molecular weight excluding hydrogens is 158 g/mol. The van der Waals surface area contributed by atoms with Gasteiger partial charge in [0.1, 0.15) is 0 Å². The lowest BCUT2D eigenvalue weighted by molar-refractivity contribution is 0.299. The second kappa shape index (κ2) is 4.45. The van der Waals surface area contributed by atoms with Gasteiger partial charge in [-0.15, -0.1) is 0 Å². The molecule has 2 fully saturated rings. The van der Waals surface area contributed by atoms with E-state index in [1.807, 2.05) is 0 Å². The molecule has 1 heterocycles. The Morgan fingerprint density at radius 1 is 1.08 bits per heavy atom. The summed E-state index contributed by atoms with van der Waals surface area (Å²) in [4.78, 5) is 2.71. The van der Waals surface area contributed by atoms with Crippen LogP contribution in [0.4, 0.5) is 0 Å². The summed E-state index contributed by atoms with van der Waals surface area (Å²) in [6.07, 6.45) is 8.80. The van der Waals surface area contributed by atoms with Crippen LogP contribution in [0, 0.1) is 11.8 Å². The van der Waals surface area contributed by atoms with Gasteiger partial charge in [0.2, 0.25) is 0 Å². The molecular formula is C12H23N. The maximum Gasteiger partial charge on any atom is 0.00129 e. The van der Waals surface area contributed by atoms with Gasteiger partial charge in [-0.05, 0) is 37.6 Å². The molecule has 2 aliphatic rings. The normalized spacial score (nSPS) is 34.8. The number of hydrogen-bond donors (Lipinski definition) is 0. The smallest absolute Gasteiger partial charge is 0.00129 e. The Morgan fingerprint density at radius 2 is 1.69 bits per heavy atom. The molecule has 2 atom stereocenters. The highest BCUT2D eigenvalue weighted by Gasteiger charge is 2.33. The third-order valence-corrected chi connectivity index (χ3v) is 3.88. The molecule has 1 aliphatic carbocycles. The zero-order valence-electron chi connectivity index (χ0n) is 8.97. The molecule has 1 saturated heterocycles. The fraction of sp³-hybridized carbons (Fsp3) is 1.00. The molecule has 0 N–H and O–H groups in total. The van der Waals surface area contributed by atoms with Gasteiger partial charge in [0.15, 0.2) is 0 Å². The number of hydrogen-bond acceptors (Lipinski definition) is 1. The lowest BCUT2D eigenvalue weighted by Gasteiger charge is -2.23. The van der Waals surface area contributed by atoms with E-state index in [1.165, 1.54) is 58.2 Å². The Morgan fingerprint density at radius 3 is 2.23 bits per heavy atom. The van der Waals surface area contributed by atoms with Crippen molar-refractivity contribution in [1.29, 1.82) is 0 Å². The maximum absolute atomic E-state index is 2.71. The minimum absolute atomic E-state index is 1.07. The molecule has 0 radical (unpaired) electrons. The third kappa shape index (κ3) is 2.25. The Hall–Kier alpha value is -0.0400. The van der Waals surface area contributed by atoms with E-state index < -0.39 is 0 Å². The topological polar surface area (TPSA) is 3.24 Å². The van der Waals surface area contributed by atoms with Crippen molar-refractivity contribution in [1.82, 2.24) is 4.90 Å². The summed E-state index contributed by atoms with van der Waals surface area (Å²) in [6, 6.07) is 0. The van der Waals surface area contributed by atoms with Crippen LogP contribution in [0.3, 0.4) is 0 Å². The second-order valence-corrected chi connectivity index (χ2v) is 4.92. The minimum atomic E-state index is 1.07. The monoisotopic (exact) mass is 181 g/mol. The number of likely N-dealkylation sites (tertiary alicyclic amines) is 1. The molecule has 0 aromatic carbocycles. The van der Waals surface area contributed by atoms with Gasteiger partial charge in [0.05, 0.1) is 0 Å². The van der Waals surface area contributed by atoms with E-state index in [1.54, 1.807) is 0 Å². The summed E-state index contributed by atoms with van der Waals surface area (Å²) in [6.45, 7) is 6.50. The van der Waals surface area contributed by atoms with E-state index in [4.69, 9.17) is 0 Å². The average molecular weight is 181 g/mol. The zero-order chi connectivity index (χ0) is 9.10. The van der Waals surface area contributed by atoms with Crippen molar-refractivity contribution in [2.24, 2.45) is 11.8 Å². The predicted octanol–water partition coefficient (Wildman–Crippen LogP) is 2.91. The van der Waals surface area contributed by atoms with Gasteiger partial charge in [0, 0.05) is 13.1 Å². The maximum atomic E-state index is 2.71. The fourth-order valence-electron chi connectivity index (χ4n) is 3.07. The van der Waals surface area contributed by atoms with Crippen LogP contribution in [0.2, 0.25) is 0 Å². The number of nitrogens with zero attached hydrogens (tertiary/aromatic N) is 1. The molecule has 0 aromatic heterocycles. The predicted molar refractivity (Wildman–Crippen MR) is 56.8 cm³/mol. The van der Waals surface area contributed by atoms with E-state index in [0.717, 1.165) is 11.8 Å². The van der Waals surface area contributed by atoms with Crippen LogP contribution >= 0.6 is 0 Å². The summed E-state index contributed by atoms with van der Waals surface area (Å²) in [5.41, 5.74) is 0. The Kier molecular flexibility index (Phi) is 3.26. The molecule has 76 valence electrons. The first-order valence-electron chi connectivity index (χ1n) is 6.12. The lowest BCUT2D eigenvalue weighted by Crippen LogP contribution is -2.21.